The maximum Gasteiger partial charge on any atom is 0.123 e. The van der Waals surface area contributed by atoms with Crippen LogP contribution in [0.2, 0.25) is 0 Å². The molecule has 0 aromatic heterocycles. The van der Waals surface area contributed by atoms with Gasteiger partial charge in [-0.15, -0.1) is 12.4 Å². The number of phenols is 1. The van der Waals surface area contributed by atoms with Crippen LogP contribution < -0.4 is 5.73 Å². The first kappa shape index (κ1) is 15.8. The van der Waals surface area contributed by atoms with Crippen LogP contribution in [0, 0.1) is 12.8 Å². The summed E-state index contributed by atoms with van der Waals surface area (Å²) < 4.78 is 0.965. The van der Waals surface area contributed by atoms with E-state index in [0.29, 0.717) is 11.7 Å². The van der Waals surface area contributed by atoms with E-state index in [1.165, 1.54) is 0 Å². The smallest absolute Gasteiger partial charge is 0.123 e. The highest BCUT2D eigenvalue weighted by Gasteiger charge is 2.14. The Morgan fingerprint density at radius 1 is 1.38 bits per heavy atom. The second-order valence-corrected chi connectivity index (χ2v) is 5.31. The number of aromatic hydroxyl groups is 1. The molecule has 3 N–H and O–H groups in total. The van der Waals surface area contributed by atoms with E-state index >= 15 is 0 Å². The van der Waals surface area contributed by atoms with Gasteiger partial charge >= 0.3 is 0 Å². The zero-order valence-corrected chi connectivity index (χ0v) is 12.2. The Balaban J connectivity index is 0.00000225. The van der Waals surface area contributed by atoms with Crippen molar-refractivity contribution in [2.45, 2.75) is 33.2 Å². The normalized spacial score (nSPS) is 12.4. The third kappa shape index (κ3) is 3.96. The van der Waals surface area contributed by atoms with Gasteiger partial charge in [-0.05, 0) is 37.0 Å². The highest BCUT2D eigenvalue weighted by atomic mass is 79.9. The number of aryl methyl sites for hydroxylation is 1. The summed E-state index contributed by atoms with van der Waals surface area (Å²) in [7, 11) is 0. The van der Waals surface area contributed by atoms with Crippen LogP contribution >= 0.6 is 28.3 Å². The van der Waals surface area contributed by atoms with Crippen LogP contribution in [0.3, 0.4) is 0 Å². The molecule has 0 aliphatic heterocycles. The van der Waals surface area contributed by atoms with Gasteiger partial charge in [0.1, 0.15) is 5.75 Å². The van der Waals surface area contributed by atoms with Crippen molar-refractivity contribution in [2.24, 2.45) is 11.7 Å². The highest BCUT2D eigenvalue weighted by molar-refractivity contribution is 9.10. The minimum atomic E-state index is -0.0961. The molecule has 0 heterocycles. The number of hydrogen-bond acceptors (Lipinski definition) is 2. The average molecular weight is 309 g/mol. The van der Waals surface area contributed by atoms with Crippen LogP contribution in [0.1, 0.15) is 37.4 Å². The van der Waals surface area contributed by atoms with E-state index in [1.807, 2.05) is 19.1 Å². The summed E-state index contributed by atoms with van der Waals surface area (Å²) in [5.41, 5.74) is 7.74. The lowest BCUT2D eigenvalue weighted by molar-refractivity contribution is 0.442. The Morgan fingerprint density at radius 3 is 2.44 bits per heavy atom. The Kier molecular flexibility index (Phi) is 6.38. The Morgan fingerprint density at radius 2 is 1.94 bits per heavy atom. The summed E-state index contributed by atoms with van der Waals surface area (Å²) in [5.74, 6) is 0.852. The molecule has 0 spiro atoms. The topological polar surface area (TPSA) is 46.2 Å². The molecule has 4 heteroatoms. The van der Waals surface area contributed by atoms with E-state index in [2.05, 4.69) is 29.8 Å². The van der Waals surface area contributed by atoms with Crippen LogP contribution in [-0.4, -0.2) is 5.11 Å². The molecule has 1 aromatic rings. The molecule has 1 atom stereocenters. The van der Waals surface area contributed by atoms with Gasteiger partial charge in [0.25, 0.3) is 0 Å². The van der Waals surface area contributed by atoms with Crippen LogP contribution in [0.15, 0.2) is 16.6 Å². The number of hydrogen-bond donors (Lipinski definition) is 2. The molecule has 0 aliphatic carbocycles. The number of benzene rings is 1. The highest BCUT2D eigenvalue weighted by Crippen LogP contribution is 2.32. The summed E-state index contributed by atoms with van der Waals surface area (Å²) in [4.78, 5) is 0. The Bertz CT molecular complexity index is 355. The fraction of sp³-hybridized carbons (Fsp3) is 0.500. The maximum absolute atomic E-state index is 9.90. The molecule has 0 amide bonds. The van der Waals surface area contributed by atoms with E-state index in [1.54, 1.807) is 0 Å². The van der Waals surface area contributed by atoms with E-state index < -0.39 is 0 Å². The molecule has 0 unspecified atom stereocenters. The van der Waals surface area contributed by atoms with Crippen LogP contribution in [0.4, 0.5) is 0 Å². The van der Waals surface area contributed by atoms with Crippen molar-refractivity contribution in [1.29, 1.82) is 0 Å². The number of phenolic OH excluding ortho intramolecular Hbond substituents is 1. The minimum absolute atomic E-state index is 0. The van der Waals surface area contributed by atoms with Crippen LogP contribution in [-0.2, 0) is 0 Å². The van der Waals surface area contributed by atoms with Crippen molar-refractivity contribution in [3.63, 3.8) is 0 Å². The molecule has 0 saturated heterocycles. The van der Waals surface area contributed by atoms with Crippen molar-refractivity contribution in [2.75, 3.05) is 0 Å². The predicted molar refractivity (Wildman–Crippen MR) is 74.2 cm³/mol. The third-order valence-electron chi connectivity index (χ3n) is 2.42. The van der Waals surface area contributed by atoms with Crippen molar-refractivity contribution in [3.05, 3.63) is 27.7 Å². The maximum atomic E-state index is 9.90. The van der Waals surface area contributed by atoms with Gasteiger partial charge in [0, 0.05) is 16.1 Å². The molecule has 0 bridgehead atoms. The van der Waals surface area contributed by atoms with Gasteiger partial charge in [-0.1, -0.05) is 29.8 Å². The molecule has 1 rings (SSSR count). The second-order valence-electron chi connectivity index (χ2n) is 4.40. The van der Waals surface area contributed by atoms with Crippen molar-refractivity contribution < 1.29 is 5.11 Å². The van der Waals surface area contributed by atoms with Gasteiger partial charge < -0.3 is 10.8 Å². The molecule has 0 fully saturated rings. The first-order valence-electron chi connectivity index (χ1n) is 5.16. The fourth-order valence-electron chi connectivity index (χ4n) is 1.68. The first-order valence-corrected chi connectivity index (χ1v) is 5.95. The molecule has 92 valence electrons. The molecule has 2 nitrogen and oxygen atoms in total. The van der Waals surface area contributed by atoms with Gasteiger partial charge in [-0.2, -0.15) is 0 Å². The molecule has 0 radical (unpaired) electrons. The summed E-state index contributed by atoms with van der Waals surface area (Å²) in [6, 6.07) is 3.69. The standard InChI is InChI=1S/C12H18BrNO.ClH/c1-7(2)4-11(14)10-6-9(13)5-8(3)12(10)15;/h5-7,11,15H,4,14H2,1-3H3;1H/t11-;/m1./s1. The average Bonchev–Trinajstić information content (AvgIpc) is 2.09. The quantitative estimate of drug-likeness (QED) is 0.888. The van der Waals surface area contributed by atoms with Crippen molar-refractivity contribution >= 4 is 28.3 Å². The van der Waals surface area contributed by atoms with Gasteiger partial charge in [-0.3, -0.25) is 0 Å². The molecule has 16 heavy (non-hydrogen) atoms. The lowest BCUT2D eigenvalue weighted by atomic mass is 9.96. The molecular formula is C12H19BrClNO. The zero-order valence-electron chi connectivity index (χ0n) is 9.83. The van der Waals surface area contributed by atoms with Crippen molar-refractivity contribution in [3.8, 4) is 5.75 Å². The monoisotopic (exact) mass is 307 g/mol. The van der Waals surface area contributed by atoms with Gasteiger partial charge in [0.2, 0.25) is 0 Å². The summed E-state index contributed by atoms with van der Waals surface area (Å²) in [6.45, 7) is 6.13. The number of nitrogens with two attached hydrogens (primary N) is 1. The summed E-state index contributed by atoms with van der Waals surface area (Å²) >= 11 is 3.41. The van der Waals surface area contributed by atoms with Crippen LogP contribution in [0.25, 0.3) is 0 Å². The van der Waals surface area contributed by atoms with Gasteiger partial charge in [0.05, 0.1) is 0 Å². The Labute approximate surface area is 112 Å². The van der Waals surface area contributed by atoms with Gasteiger partial charge in [-0.25, -0.2) is 0 Å². The molecular weight excluding hydrogens is 289 g/mol. The van der Waals surface area contributed by atoms with Crippen LogP contribution in [0.5, 0.6) is 5.75 Å². The summed E-state index contributed by atoms with van der Waals surface area (Å²) in [5, 5.41) is 9.90. The number of halogens is 2. The molecule has 0 saturated carbocycles. The third-order valence-corrected chi connectivity index (χ3v) is 2.88. The van der Waals surface area contributed by atoms with E-state index in [4.69, 9.17) is 5.73 Å². The zero-order chi connectivity index (χ0) is 11.6. The van der Waals surface area contributed by atoms with E-state index in [0.717, 1.165) is 22.0 Å². The summed E-state index contributed by atoms with van der Waals surface area (Å²) in [6.07, 6.45) is 0.878. The predicted octanol–water partition coefficient (Wildman–Crippen LogP) is 3.93. The lowest BCUT2D eigenvalue weighted by Crippen LogP contribution is -2.13. The minimum Gasteiger partial charge on any atom is -0.507 e. The fourth-order valence-corrected chi connectivity index (χ4v) is 2.27. The molecule has 1 aromatic carbocycles. The van der Waals surface area contributed by atoms with Crippen molar-refractivity contribution in [1.82, 2.24) is 0 Å². The Hall–Kier alpha value is -0.250. The second kappa shape index (κ2) is 6.48. The van der Waals surface area contributed by atoms with Gasteiger partial charge in [0.15, 0.2) is 0 Å². The largest absolute Gasteiger partial charge is 0.507 e. The number of rotatable bonds is 3. The molecule has 0 aliphatic rings. The van der Waals surface area contributed by atoms with E-state index in [-0.39, 0.29) is 18.4 Å². The van der Waals surface area contributed by atoms with E-state index in [9.17, 15) is 5.11 Å². The first-order chi connectivity index (χ1) is 6.91. The lowest BCUT2D eigenvalue weighted by Gasteiger charge is -2.17. The SMILES string of the molecule is Cc1cc(Br)cc([C@H](N)CC(C)C)c1O.Cl.